The third-order valence-corrected chi connectivity index (χ3v) is 5.49. The number of rotatable bonds is 5. The largest absolute Gasteiger partial charge is 0.373 e. The number of aromatic nitrogens is 1. The van der Waals surface area contributed by atoms with Crippen molar-refractivity contribution in [2.45, 2.75) is 50.0 Å². The predicted molar refractivity (Wildman–Crippen MR) is 80.1 cm³/mol. The Morgan fingerprint density at radius 1 is 1.35 bits per heavy atom. The van der Waals surface area contributed by atoms with Gasteiger partial charge in [-0.25, -0.2) is 18.1 Å². The van der Waals surface area contributed by atoms with Gasteiger partial charge in [-0.15, -0.1) is 0 Å². The van der Waals surface area contributed by atoms with E-state index in [1.54, 1.807) is 19.2 Å². The molecular weight excluding hydrogens is 274 g/mol. The Morgan fingerprint density at radius 2 is 2.15 bits per heavy atom. The van der Waals surface area contributed by atoms with Crippen LogP contribution in [0.15, 0.2) is 23.2 Å². The second-order valence-electron chi connectivity index (χ2n) is 5.39. The fourth-order valence-electron chi connectivity index (χ4n) is 2.74. The van der Waals surface area contributed by atoms with Crippen molar-refractivity contribution in [3.05, 3.63) is 18.3 Å². The lowest BCUT2D eigenvalue weighted by Crippen LogP contribution is -2.38. The summed E-state index contributed by atoms with van der Waals surface area (Å²) in [6.07, 6.45) is 6.70. The van der Waals surface area contributed by atoms with Crippen LogP contribution in [0.5, 0.6) is 0 Å². The van der Waals surface area contributed by atoms with Crippen LogP contribution in [0.1, 0.15) is 39.0 Å². The third-order valence-electron chi connectivity index (χ3n) is 3.98. The van der Waals surface area contributed by atoms with Crippen LogP contribution in [-0.2, 0) is 10.0 Å². The van der Waals surface area contributed by atoms with Crippen molar-refractivity contribution in [2.24, 2.45) is 5.92 Å². The van der Waals surface area contributed by atoms with E-state index in [2.05, 4.69) is 21.9 Å². The summed E-state index contributed by atoms with van der Waals surface area (Å²) in [7, 11) is -1.71. The van der Waals surface area contributed by atoms with E-state index in [0.29, 0.717) is 11.7 Å². The molecule has 0 radical (unpaired) electrons. The van der Waals surface area contributed by atoms with E-state index in [9.17, 15) is 8.42 Å². The van der Waals surface area contributed by atoms with Crippen LogP contribution < -0.4 is 10.0 Å². The zero-order valence-corrected chi connectivity index (χ0v) is 12.9. The number of hydrogen-bond acceptors (Lipinski definition) is 4. The molecule has 1 aliphatic carbocycles. The van der Waals surface area contributed by atoms with Gasteiger partial charge in [0.15, 0.2) is 0 Å². The van der Waals surface area contributed by atoms with Crippen molar-refractivity contribution in [1.29, 1.82) is 0 Å². The number of anilines is 1. The molecule has 0 saturated heterocycles. The van der Waals surface area contributed by atoms with Gasteiger partial charge in [0.1, 0.15) is 10.7 Å². The van der Waals surface area contributed by atoms with Gasteiger partial charge in [0.25, 0.3) is 0 Å². The molecule has 1 aromatic heterocycles. The summed E-state index contributed by atoms with van der Waals surface area (Å²) in [4.78, 5) is 4.29. The second-order valence-corrected chi connectivity index (χ2v) is 7.10. The van der Waals surface area contributed by atoms with Gasteiger partial charge in [-0.3, -0.25) is 0 Å². The van der Waals surface area contributed by atoms with Gasteiger partial charge in [-0.2, -0.15) is 0 Å². The van der Waals surface area contributed by atoms with E-state index in [1.165, 1.54) is 12.6 Å². The molecule has 0 bridgehead atoms. The number of pyridine rings is 1. The van der Waals surface area contributed by atoms with Crippen molar-refractivity contribution in [3.63, 3.8) is 0 Å². The molecule has 0 aliphatic heterocycles. The Balaban J connectivity index is 2.06. The van der Waals surface area contributed by atoms with E-state index >= 15 is 0 Å². The molecule has 2 atom stereocenters. The lowest BCUT2D eigenvalue weighted by Gasteiger charge is -2.28. The Hall–Kier alpha value is -1.14. The zero-order chi connectivity index (χ0) is 14.6. The molecule has 2 N–H and O–H groups in total. The first-order chi connectivity index (χ1) is 9.55. The van der Waals surface area contributed by atoms with Crippen molar-refractivity contribution in [2.75, 3.05) is 12.4 Å². The molecule has 2 rings (SSSR count). The molecule has 0 spiro atoms. The monoisotopic (exact) mass is 297 g/mol. The summed E-state index contributed by atoms with van der Waals surface area (Å²) in [5.41, 5.74) is 0. The topological polar surface area (TPSA) is 71.1 Å². The molecule has 2 unspecified atom stereocenters. The number of nitrogens with one attached hydrogen (secondary N) is 2. The first-order valence-corrected chi connectivity index (χ1v) is 8.69. The maximum atomic E-state index is 12.3. The molecule has 5 nitrogen and oxygen atoms in total. The minimum Gasteiger partial charge on any atom is -0.373 e. The van der Waals surface area contributed by atoms with Crippen molar-refractivity contribution in [1.82, 2.24) is 9.71 Å². The van der Waals surface area contributed by atoms with Crippen molar-refractivity contribution >= 4 is 15.8 Å². The van der Waals surface area contributed by atoms with Gasteiger partial charge in [0, 0.05) is 19.3 Å². The molecular formula is C14H23N3O2S. The highest BCUT2D eigenvalue weighted by Crippen LogP contribution is 2.27. The summed E-state index contributed by atoms with van der Waals surface area (Å²) in [6, 6.07) is 3.31. The maximum absolute atomic E-state index is 12.3. The van der Waals surface area contributed by atoms with E-state index in [1.807, 2.05) is 0 Å². The predicted octanol–water partition coefficient (Wildman–Crippen LogP) is 2.37. The SMILES string of the molecule is CCC1CCCC(NS(=O)(=O)c2ccc(NC)nc2)C1. The molecule has 20 heavy (non-hydrogen) atoms. The van der Waals surface area contributed by atoms with Crippen LogP contribution >= 0.6 is 0 Å². The second kappa shape index (κ2) is 6.54. The highest BCUT2D eigenvalue weighted by molar-refractivity contribution is 7.89. The fraction of sp³-hybridized carbons (Fsp3) is 0.643. The number of nitrogens with zero attached hydrogens (tertiary/aromatic N) is 1. The van der Waals surface area contributed by atoms with Gasteiger partial charge in [0.2, 0.25) is 10.0 Å². The van der Waals surface area contributed by atoms with Crippen LogP contribution in [0.2, 0.25) is 0 Å². The number of hydrogen-bond donors (Lipinski definition) is 2. The van der Waals surface area contributed by atoms with Gasteiger partial charge in [0.05, 0.1) is 0 Å². The van der Waals surface area contributed by atoms with Gasteiger partial charge >= 0.3 is 0 Å². The fourth-order valence-corrected chi connectivity index (χ4v) is 3.97. The van der Waals surface area contributed by atoms with Crippen LogP contribution in [0.25, 0.3) is 0 Å². The lowest BCUT2D eigenvalue weighted by atomic mass is 9.85. The number of sulfonamides is 1. The molecule has 1 aromatic rings. The van der Waals surface area contributed by atoms with Crippen LogP contribution in [0.4, 0.5) is 5.82 Å². The van der Waals surface area contributed by atoms with Crippen molar-refractivity contribution < 1.29 is 8.42 Å². The Bertz CT molecular complexity index is 528. The zero-order valence-electron chi connectivity index (χ0n) is 12.1. The molecule has 0 aromatic carbocycles. The summed E-state index contributed by atoms with van der Waals surface area (Å²) in [5, 5.41) is 2.87. The third kappa shape index (κ3) is 3.70. The highest BCUT2D eigenvalue weighted by Gasteiger charge is 2.25. The minimum absolute atomic E-state index is 0.0580. The minimum atomic E-state index is -3.46. The molecule has 6 heteroatoms. The smallest absolute Gasteiger partial charge is 0.242 e. The lowest BCUT2D eigenvalue weighted by molar-refractivity contribution is 0.301. The summed E-state index contributed by atoms with van der Waals surface area (Å²) in [6.45, 7) is 2.17. The molecule has 0 amide bonds. The van der Waals surface area contributed by atoms with E-state index in [-0.39, 0.29) is 10.9 Å². The van der Waals surface area contributed by atoms with Crippen LogP contribution in [0, 0.1) is 5.92 Å². The first kappa shape index (κ1) is 15.3. The van der Waals surface area contributed by atoms with Gasteiger partial charge in [-0.1, -0.05) is 26.2 Å². The summed E-state index contributed by atoms with van der Waals surface area (Å²) >= 11 is 0. The molecule has 1 fully saturated rings. The quantitative estimate of drug-likeness (QED) is 0.875. The van der Waals surface area contributed by atoms with Gasteiger partial charge in [-0.05, 0) is 30.9 Å². The maximum Gasteiger partial charge on any atom is 0.242 e. The molecule has 1 saturated carbocycles. The Kier molecular flexibility index (Phi) is 4.99. The summed E-state index contributed by atoms with van der Waals surface area (Å²) in [5.74, 6) is 1.30. The highest BCUT2D eigenvalue weighted by atomic mass is 32.2. The van der Waals surface area contributed by atoms with E-state index < -0.39 is 10.0 Å². The van der Waals surface area contributed by atoms with E-state index in [4.69, 9.17) is 0 Å². The van der Waals surface area contributed by atoms with Crippen LogP contribution in [-0.4, -0.2) is 26.5 Å². The standard InChI is InChI=1S/C14H23N3O2S/c1-3-11-5-4-6-12(9-11)17-20(18,19)13-7-8-14(15-2)16-10-13/h7-8,10-12,17H,3-6,9H2,1-2H3,(H,15,16). The molecule has 1 aliphatic rings. The van der Waals surface area contributed by atoms with Crippen LogP contribution in [0.3, 0.4) is 0 Å². The first-order valence-electron chi connectivity index (χ1n) is 7.21. The Morgan fingerprint density at radius 3 is 2.75 bits per heavy atom. The average Bonchev–Trinajstić information content (AvgIpc) is 2.47. The molecule has 112 valence electrons. The Labute approximate surface area is 121 Å². The van der Waals surface area contributed by atoms with E-state index in [0.717, 1.165) is 25.7 Å². The van der Waals surface area contributed by atoms with Crippen molar-refractivity contribution in [3.8, 4) is 0 Å². The van der Waals surface area contributed by atoms with Gasteiger partial charge < -0.3 is 5.32 Å². The normalized spacial score (nSPS) is 23.5. The average molecular weight is 297 g/mol. The summed E-state index contributed by atoms with van der Waals surface area (Å²) < 4.78 is 27.5. The molecule has 1 heterocycles.